The molecule has 4 aromatic carbocycles. The van der Waals surface area contributed by atoms with Crippen LogP contribution in [0, 0.1) is 0 Å². The van der Waals surface area contributed by atoms with E-state index >= 15 is 0 Å². The highest BCUT2D eigenvalue weighted by Crippen LogP contribution is 2.36. The Bertz CT molecular complexity index is 1270. The number of hydrogen-bond acceptors (Lipinski definition) is 5. The molecule has 0 aliphatic carbocycles. The Labute approximate surface area is 200 Å². The van der Waals surface area contributed by atoms with Crippen LogP contribution in [0.3, 0.4) is 0 Å². The Balaban J connectivity index is 1.34. The SMILES string of the molecule is COc1ccc(N/N=C/c2ccc(N3N=C(c4ccccc4)CC3c3ccccc3)cc2)cc1. The molecule has 34 heavy (non-hydrogen) atoms. The zero-order valence-electron chi connectivity index (χ0n) is 19.0. The molecule has 0 saturated carbocycles. The van der Waals surface area contributed by atoms with Crippen LogP contribution in [0.2, 0.25) is 0 Å². The lowest BCUT2D eigenvalue weighted by molar-refractivity contribution is 0.415. The highest BCUT2D eigenvalue weighted by molar-refractivity contribution is 6.03. The fraction of sp³-hybridized carbons (Fsp3) is 0.103. The van der Waals surface area contributed by atoms with Crippen LogP contribution in [0.4, 0.5) is 11.4 Å². The lowest BCUT2D eigenvalue weighted by Crippen LogP contribution is -2.18. The maximum absolute atomic E-state index is 5.18. The van der Waals surface area contributed by atoms with Gasteiger partial charge in [0.2, 0.25) is 0 Å². The summed E-state index contributed by atoms with van der Waals surface area (Å²) in [6.45, 7) is 0. The zero-order chi connectivity index (χ0) is 23.2. The molecule has 0 fully saturated rings. The van der Waals surface area contributed by atoms with Crippen molar-refractivity contribution in [1.82, 2.24) is 0 Å². The van der Waals surface area contributed by atoms with E-state index in [2.05, 4.69) is 94.4 Å². The predicted octanol–water partition coefficient (Wildman–Crippen LogP) is 6.50. The molecule has 0 amide bonds. The second kappa shape index (κ2) is 10.0. The Hall–Kier alpha value is -4.38. The van der Waals surface area contributed by atoms with Crippen molar-refractivity contribution in [2.24, 2.45) is 10.2 Å². The molecule has 1 heterocycles. The highest BCUT2D eigenvalue weighted by Gasteiger charge is 2.29. The van der Waals surface area contributed by atoms with Crippen LogP contribution in [0.1, 0.15) is 29.2 Å². The van der Waals surface area contributed by atoms with Crippen molar-refractivity contribution in [3.05, 3.63) is 126 Å². The number of anilines is 2. The van der Waals surface area contributed by atoms with Gasteiger partial charge in [-0.2, -0.15) is 10.2 Å². The monoisotopic (exact) mass is 446 g/mol. The third-order valence-electron chi connectivity index (χ3n) is 5.86. The van der Waals surface area contributed by atoms with E-state index in [1.165, 1.54) is 11.1 Å². The molecule has 168 valence electrons. The Kier molecular flexibility index (Phi) is 6.34. The summed E-state index contributed by atoms with van der Waals surface area (Å²) >= 11 is 0. The number of methoxy groups -OCH3 is 1. The van der Waals surface area contributed by atoms with Crippen molar-refractivity contribution in [3.8, 4) is 5.75 Å². The van der Waals surface area contributed by atoms with E-state index in [0.717, 1.165) is 34.8 Å². The van der Waals surface area contributed by atoms with Crippen molar-refractivity contribution >= 4 is 23.3 Å². The standard InChI is InChI=1S/C29H26N4O/c1-34-27-18-14-25(15-19-27)31-30-21-22-12-16-26(17-13-22)33-29(24-10-6-3-7-11-24)20-28(32-33)23-8-4-2-5-9-23/h2-19,21,29,31H,20H2,1H3/b30-21+. The molecular formula is C29H26N4O. The first kappa shape index (κ1) is 21.5. The van der Waals surface area contributed by atoms with Crippen molar-refractivity contribution < 1.29 is 4.74 Å². The molecule has 5 rings (SSSR count). The molecule has 0 bridgehead atoms. The minimum atomic E-state index is 0.160. The van der Waals surface area contributed by atoms with Crippen LogP contribution in [0.15, 0.2) is 119 Å². The molecule has 1 N–H and O–H groups in total. The van der Waals surface area contributed by atoms with Gasteiger partial charge in [-0.3, -0.25) is 10.4 Å². The van der Waals surface area contributed by atoms with E-state index in [9.17, 15) is 0 Å². The normalized spacial score (nSPS) is 15.4. The number of hydrazone groups is 2. The third-order valence-corrected chi connectivity index (χ3v) is 5.86. The number of nitrogens with zero attached hydrogens (tertiary/aromatic N) is 3. The molecule has 5 heteroatoms. The van der Waals surface area contributed by atoms with Gasteiger partial charge in [-0.25, -0.2) is 0 Å². The lowest BCUT2D eigenvalue weighted by Gasteiger charge is -2.24. The maximum Gasteiger partial charge on any atom is 0.119 e. The van der Waals surface area contributed by atoms with Gasteiger partial charge in [0.15, 0.2) is 0 Å². The zero-order valence-corrected chi connectivity index (χ0v) is 19.0. The Morgan fingerprint density at radius 1 is 0.853 bits per heavy atom. The van der Waals surface area contributed by atoms with Gasteiger partial charge in [-0.1, -0.05) is 72.8 Å². The average molecular weight is 447 g/mol. The summed E-state index contributed by atoms with van der Waals surface area (Å²) in [4.78, 5) is 0. The summed E-state index contributed by atoms with van der Waals surface area (Å²) in [5.41, 5.74) is 9.54. The molecule has 1 unspecified atom stereocenters. The van der Waals surface area contributed by atoms with Crippen molar-refractivity contribution in [1.29, 1.82) is 0 Å². The van der Waals surface area contributed by atoms with E-state index in [1.807, 2.05) is 36.5 Å². The first-order chi connectivity index (χ1) is 16.8. The summed E-state index contributed by atoms with van der Waals surface area (Å²) in [6, 6.07) is 37.1. The van der Waals surface area contributed by atoms with Crippen LogP contribution in [-0.2, 0) is 0 Å². The summed E-state index contributed by atoms with van der Waals surface area (Å²) in [7, 11) is 1.66. The molecule has 1 aliphatic rings. The van der Waals surface area contributed by atoms with Gasteiger partial charge < -0.3 is 4.74 Å². The minimum Gasteiger partial charge on any atom is -0.497 e. The number of rotatable bonds is 7. The summed E-state index contributed by atoms with van der Waals surface area (Å²) in [5, 5.41) is 11.5. The molecule has 0 spiro atoms. The predicted molar refractivity (Wildman–Crippen MR) is 140 cm³/mol. The van der Waals surface area contributed by atoms with Gasteiger partial charge in [0, 0.05) is 6.42 Å². The van der Waals surface area contributed by atoms with Gasteiger partial charge in [0.1, 0.15) is 5.75 Å². The smallest absolute Gasteiger partial charge is 0.119 e. The van der Waals surface area contributed by atoms with Gasteiger partial charge in [0.05, 0.1) is 36.5 Å². The third kappa shape index (κ3) is 4.84. The van der Waals surface area contributed by atoms with Crippen LogP contribution in [0.25, 0.3) is 0 Å². The topological polar surface area (TPSA) is 49.2 Å². The van der Waals surface area contributed by atoms with Crippen LogP contribution in [-0.4, -0.2) is 19.0 Å². The van der Waals surface area contributed by atoms with Gasteiger partial charge in [-0.15, -0.1) is 0 Å². The van der Waals surface area contributed by atoms with Crippen LogP contribution in [0.5, 0.6) is 5.75 Å². The van der Waals surface area contributed by atoms with Gasteiger partial charge in [0.25, 0.3) is 0 Å². The van der Waals surface area contributed by atoms with E-state index < -0.39 is 0 Å². The molecule has 4 aromatic rings. The fourth-order valence-electron chi connectivity index (χ4n) is 4.05. The first-order valence-corrected chi connectivity index (χ1v) is 11.3. The van der Waals surface area contributed by atoms with Gasteiger partial charge in [-0.05, 0) is 53.1 Å². The summed E-state index contributed by atoms with van der Waals surface area (Å²) in [6.07, 6.45) is 2.67. The Morgan fingerprint density at radius 2 is 1.53 bits per heavy atom. The van der Waals surface area contributed by atoms with E-state index in [-0.39, 0.29) is 6.04 Å². The lowest BCUT2D eigenvalue weighted by atomic mass is 9.98. The number of nitrogens with one attached hydrogen (secondary N) is 1. The molecule has 0 aromatic heterocycles. The second-order valence-electron chi connectivity index (χ2n) is 8.08. The van der Waals surface area contributed by atoms with Crippen LogP contribution < -0.4 is 15.2 Å². The molecule has 0 radical (unpaired) electrons. The van der Waals surface area contributed by atoms with E-state index in [0.29, 0.717) is 0 Å². The van der Waals surface area contributed by atoms with Crippen molar-refractivity contribution in [2.45, 2.75) is 12.5 Å². The number of hydrogen-bond donors (Lipinski definition) is 1. The largest absolute Gasteiger partial charge is 0.497 e. The summed E-state index contributed by atoms with van der Waals surface area (Å²) < 4.78 is 5.18. The summed E-state index contributed by atoms with van der Waals surface area (Å²) in [5.74, 6) is 0.818. The minimum absolute atomic E-state index is 0.160. The van der Waals surface area contributed by atoms with Crippen molar-refractivity contribution in [3.63, 3.8) is 0 Å². The molecule has 5 nitrogen and oxygen atoms in total. The molecular weight excluding hydrogens is 420 g/mol. The molecule has 0 saturated heterocycles. The van der Waals surface area contributed by atoms with Crippen molar-refractivity contribution in [2.75, 3.05) is 17.5 Å². The highest BCUT2D eigenvalue weighted by atomic mass is 16.5. The Morgan fingerprint density at radius 3 is 2.21 bits per heavy atom. The van der Waals surface area contributed by atoms with Crippen LogP contribution >= 0.6 is 0 Å². The molecule has 1 atom stereocenters. The fourth-order valence-corrected chi connectivity index (χ4v) is 4.05. The molecule has 1 aliphatic heterocycles. The van der Waals surface area contributed by atoms with E-state index in [1.54, 1.807) is 7.11 Å². The van der Waals surface area contributed by atoms with E-state index in [4.69, 9.17) is 9.84 Å². The quantitative estimate of drug-likeness (QED) is 0.260. The second-order valence-corrected chi connectivity index (χ2v) is 8.08. The van der Waals surface area contributed by atoms with Gasteiger partial charge >= 0.3 is 0 Å². The number of benzene rings is 4. The average Bonchev–Trinajstić information content (AvgIpc) is 3.36. The first-order valence-electron chi connectivity index (χ1n) is 11.3. The maximum atomic E-state index is 5.18. The number of ether oxygens (including phenoxy) is 1.